The molecule has 1 aromatic rings. The van der Waals surface area contributed by atoms with Gasteiger partial charge in [-0.15, -0.1) is 5.10 Å². The average Bonchev–Trinajstić information content (AvgIpc) is 3.04. The van der Waals surface area contributed by atoms with Gasteiger partial charge >= 0.3 is 0 Å². The van der Waals surface area contributed by atoms with Crippen molar-refractivity contribution in [3.05, 3.63) is 5.82 Å². The van der Waals surface area contributed by atoms with Crippen LogP contribution in [0.2, 0.25) is 0 Å². The monoisotopic (exact) mass is 239 g/mol. The van der Waals surface area contributed by atoms with E-state index in [1.165, 1.54) is 12.8 Å². The first-order valence-electron chi connectivity index (χ1n) is 6.34. The van der Waals surface area contributed by atoms with Crippen molar-refractivity contribution in [3.63, 3.8) is 0 Å². The second kappa shape index (κ2) is 5.55. The molecule has 0 bridgehead atoms. The van der Waals surface area contributed by atoms with Gasteiger partial charge in [0.05, 0.1) is 12.6 Å². The van der Waals surface area contributed by atoms with Crippen LogP contribution in [0.1, 0.15) is 45.0 Å². The van der Waals surface area contributed by atoms with Crippen LogP contribution in [-0.4, -0.2) is 49.4 Å². The van der Waals surface area contributed by atoms with Gasteiger partial charge in [-0.05, 0) is 43.5 Å². The zero-order valence-corrected chi connectivity index (χ0v) is 10.6. The molecule has 96 valence electrons. The van der Waals surface area contributed by atoms with Crippen LogP contribution in [0.25, 0.3) is 0 Å². The Morgan fingerprint density at radius 3 is 2.82 bits per heavy atom. The van der Waals surface area contributed by atoms with Crippen LogP contribution in [0.15, 0.2) is 0 Å². The van der Waals surface area contributed by atoms with Gasteiger partial charge in [-0.3, -0.25) is 4.90 Å². The summed E-state index contributed by atoms with van der Waals surface area (Å²) >= 11 is 0. The van der Waals surface area contributed by atoms with Crippen molar-refractivity contribution < 1.29 is 5.11 Å². The first-order valence-corrected chi connectivity index (χ1v) is 6.34. The fraction of sp³-hybridized carbons (Fsp3) is 0.909. The van der Waals surface area contributed by atoms with Crippen LogP contribution in [-0.2, 0) is 6.54 Å². The molecule has 0 atom stereocenters. The number of hydrogen-bond donors (Lipinski definition) is 1. The van der Waals surface area contributed by atoms with Crippen LogP contribution in [0.3, 0.4) is 0 Å². The van der Waals surface area contributed by atoms with Crippen LogP contribution in [0, 0.1) is 0 Å². The lowest BCUT2D eigenvalue weighted by atomic mass is 10.3. The Morgan fingerprint density at radius 2 is 2.24 bits per heavy atom. The highest BCUT2D eigenvalue weighted by Gasteiger charge is 2.28. The summed E-state index contributed by atoms with van der Waals surface area (Å²) in [5.74, 6) is 0.944. The molecule has 2 rings (SSSR count). The molecule has 1 aromatic heterocycles. The lowest BCUT2D eigenvalue weighted by molar-refractivity contribution is 0.178. The summed E-state index contributed by atoms with van der Waals surface area (Å²) in [7, 11) is 0. The molecule has 1 saturated carbocycles. The van der Waals surface area contributed by atoms with Gasteiger partial charge in [0, 0.05) is 19.2 Å². The van der Waals surface area contributed by atoms with Gasteiger partial charge in [0.2, 0.25) is 0 Å². The van der Waals surface area contributed by atoms with Crippen LogP contribution >= 0.6 is 0 Å². The maximum Gasteiger partial charge on any atom is 0.165 e. The van der Waals surface area contributed by atoms with E-state index in [4.69, 9.17) is 5.11 Å². The lowest BCUT2D eigenvalue weighted by Crippen LogP contribution is -2.33. The second-order valence-corrected chi connectivity index (χ2v) is 4.91. The molecule has 0 spiro atoms. The summed E-state index contributed by atoms with van der Waals surface area (Å²) in [4.78, 5) is 2.29. The van der Waals surface area contributed by atoms with E-state index in [0.29, 0.717) is 12.1 Å². The fourth-order valence-corrected chi connectivity index (χ4v) is 1.89. The van der Waals surface area contributed by atoms with Crippen LogP contribution < -0.4 is 0 Å². The maximum atomic E-state index is 8.90. The van der Waals surface area contributed by atoms with Gasteiger partial charge in [0.25, 0.3) is 0 Å². The highest BCUT2D eigenvalue weighted by Crippen LogP contribution is 2.34. The molecule has 1 aliphatic rings. The predicted molar refractivity (Wildman–Crippen MR) is 63.3 cm³/mol. The van der Waals surface area contributed by atoms with Gasteiger partial charge in [-0.25, -0.2) is 4.68 Å². The fourth-order valence-electron chi connectivity index (χ4n) is 1.89. The molecule has 6 heteroatoms. The molecule has 6 nitrogen and oxygen atoms in total. The zero-order valence-electron chi connectivity index (χ0n) is 10.6. The minimum absolute atomic E-state index is 0.233. The van der Waals surface area contributed by atoms with E-state index >= 15 is 0 Å². The third-order valence-electron chi connectivity index (χ3n) is 3.13. The molecule has 0 unspecified atom stereocenters. The minimum Gasteiger partial charge on any atom is -0.396 e. The Balaban J connectivity index is 1.98. The molecule has 0 radical (unpaired) electrons. The standard InChI is InChI=1S/C11H21N5O/c1-9(2)15(6-3-7-17)8-11-12-13-14-16(11)10-4-5-10/h9-10,17H,3-8H2,1-2H3. The summed E-state index contributed by atoms with van der Waals surface area (Å²) in [6, 6.07) is 0.956. The molecule has 1 aliphatic carbocycles. The summed E-state index contributed by atoms with van der Waals surface area (Å²) in [5, 5.41) is 20.8. The largest absolute Gasteiger partial charge is 0.396 e. The Labute approximate surface area is 102 Å². The van der Waals surface area contributed by atoms with Crippen LogP contribution in [0.5, 0.6) is 0 Å². The second-order valence-electron chi connectivity index (χ2n) is 4.91. The van der Waals surface area contributed by atoms with E-state index in [1.807, 2.05) is 4.68 Å². The highest BCUT2D eigenvalue weighted by molar-refractivity contribution is 4.90. The maximum absolute atomic E-state index is 8.90. The summed E-state index contributed by atoms with van der Waals surface area (Å²) in [5.41, 5.74) is 0. The number of rotatable bonds is 7. The van der Waals surface area contributed by atoms with Crippen molar-refractivity contribution in [1.82, 2.24) is 25.1 Å². The summed E-state index contributed by atoms with van der Waals surface area (Å²) in [6.45, 7) is 6.19. The summed E-state index contributed by atoms with van der Waals surface area (Å²) < 4.78 is 1.95. The number of aliphatic hydroxyl groups excluding tert-OH is 1. The first kappa shape index (κ1) is 12.4. The molecule has 0 aliphatic heterocycles. The van der Waals surface area contributed by atoms with Crippen LogP contribution in [0.4, 0.5) is 0 Å². The van der Waals surface area contributed by atoms with Gasteiger partial charge < -0.3 is 5.11 Å². The van der Waals surface area contributed by atoms with E-state index in [1.54, 1.807) is 0 Å². The average molecular weight is 239 g/mol. The zero-order chi connectivity index (χ0) is 12.3. The lowest BCUT2D eigenvalue weighted by Gasteiger charge is -2.25. The molecule has 1 heterocycles. The highest BCUT2D eigenvalue weighted by atomic mass is 16.3. The van der Waals surface area contributed by atoms with Crippen molar-refractivity contribution in [1.29, 1.82) is 0 Å². The smallest absolute Gasteiger partial charge is 0.165 e. The number of aliphatic hydroxyl groups is 1. The number of hydrogen-bond acceptors (Lipinski definition) is 5. The van der Waals surface area contributed by atoms with Gasteiger partial charge in [0.15, 0.2) is 5.82 Å². The number of nitrogens with zero attached hydrogens (tertiary/aromatic N) is 5. The quantitative estimate of drug-likeness (QED) is 0.754. The molecule has 0 saturated heterocycles. The third kappa shape index (κ3) is 3.23. The topological polar surface area (TPSA) is 67.1 Å². The van der Waals surface area contributed by atoms with Crippen molar-refractivity contribution in [2.75, 3.05) is 13.2 Å². The van der Waals surface area contributed by atoms with Gasteiger partial charge in [0.1, 0.15) is 0 Å². The Kier molecular flexibility index (Phi) is 4.06. The van der Waals surface area contributed by atoms with Crippen molar-refractivity contribution in [3.8, 4) is 0 Å². The van der Waals surface area contributed by atoms with E-state index in [0.717, 1.165) is 25.3 Å². The summed E-state index contributed by atoms with van der Waals surface area (Å²) in [6.07, 6.45) is 3.18. The minimum atomic E-state index is 0.233. The van der Waals surface area contributed by atoms with E-state index in [-0.39, 0.29) is 6.61 Å². The Hall–Kier alpha value is -1.01. The SMILES string of the molecule is CC(C)N(CCCO)Cc1nnnn1C1CC1. The molecule has 0 aromatic carbocycles. The molecule has 1 fully saturated rings. The molecular formula is C11H21N5O. The first-order chi connectivity index (χ1) is 8.22. The van der Waals surface area contributed by atoms with Crippen molar-refractivity contribution in [2.45, 2.75) is 51.7 Å². The molecule has 1 N–H and O–H groups in total. The van der Waals surface area contributed by atoms with E-state index in [9.17, 15) is 0 Å². The van der Waals surface area contributed by atoms with Gasteiger partial charge in [-0.2, -0.15) is 0 Å². The number of tetrazole rings is 1. The predicted octanol–water partition coefficient (Wildman–Crippen LogP) is 0.601. The van der Waals surface area contributed by atoms with Crippen molar-refractivity contribution >= 4 is 0 Å². The third-order valence-corrected chi connectivity index (χ3v) is 3.13. The normalized spacial score (nSPS) is 16.1. The van der Waals surface area contributed by atoms with Gasteiger partial charge in [-0.1, -0.05) is 0 Å². The Morgan fingerprint density at radius 1 is 1.47 bits per heavy atom. The molecular weight excluding hydrogens is 218 g/mol. The molecule has 17 heavy (non-hydrogen) atoms. The number of aromatic nitrogens is 4. The van der Waals surface area contributed by atoms with E-state index < -0.39 is 0 Å². The molecule has 0 amide bonds. The van der Waals surface area contributed by atoms with E-state index in [2.05, 4.69) is 34.3 Å². The Bertz CT molecular complexity index is 347. The van der Waals surface area contributed by atoms with Crippen molar-refractivity contribution in [2.24, 2.45) is 0 Å².